The zero-order valence-electron chi connectivity index (χ0n) is 8.00. The van der Waals surface area contributed by atoms with Crippen LogP contribution in [-0.2, 0) is 7.05 Å². The molecule has 0 bridgehead atoms. The number of ether oxygens (including phenoxy) is 1. The van der Waals surface area contributed by atoms with Crippen molar-refractivity contribution in [1.29, 1.82) is 0 Å². The van der Waals surface area contributed by atoms with Crippen LogP contribution in [0.2, 0.25) is 0 Å². The molecule has 0 spiro atoms. The summed E-state index contributed by atoms with van der Waals surface area (Å²) in [5, 5.41) is 4.15. The summed E-state index contributed by atoms with van der Waals surface area (Å²) in [5.41, 5.74) is 1.40. The van der Waals surface area contributed by atoms with Gasteiger partial charge in [0.2, 0.25) is 0 Å². The number of aryl methyl sites for hydroxylation is 2. The number of carbonyl (C=O) groups excluding carboxylic acids is 1. The molecule has 0 aromatic carbocycles. The monoisotopic (exact) mass is 180 g/mol. The lowest BCUT2D eigenvalue weighted by Gasteiger charge is -2.18. The number of Topliss-reactive ketones (excluding diaryl/α,β-unsaturated/α-hetero) is 1. The summed E-state index contributed by atoms with van der Waals surface area (Å²) < 4.78 is 7.05. The molecule has 1 atom stereocenters. The van der Waals surface area contributed by atoms with E-state index in [4.69, 9.17) is 4.74 Å². The molecular weight excluding hydrogens is 168 g/mol. The van der Waals surface area contributed by atoms with Gasteiger partial charge in [0, 0.05) is 7.05 Å². The van der Waals surface area contributed by atoms with Gasteiger partial charge < -0.3 is 4.74 Å². The molecular formula is C9H12N2O2. The fourth-order valence-corrected chi connectivity index (χ4v) is 1.60. The summed E-state index contributed by atoms with van der Waals surface area (Å²) in [4.78, 5) is 11.7. The topological polar surface area (TPSA) is 44.1 Å². The normalized spacial score (nSPS) is 21.2. The Hall–Kier alpha value is -1.32. The zero-order valence-corrected chi connectivity index (χ0v) is 8.00. The molecule has 1 unspecified atom stereocenters. The number of ketones is 1. The lowest BCUT2D eigenvalue weighted by atomic mass is 10.0. The smallest absolute Gasteiger partial charge is 0.190 e. The highest BCUT2D eigenvalue weighted by Gasteiger charge is 2.30. The first-order chi connectivity index (χ1) is 6.11. The van der Waals surface area contributed by atoms with E-state index in [9.17, 15) is 4.79 Å². The summed E-state index contributed by atoms with van der Waals surface area (Å²) in [6, 6.07) is 0. The third-order valence-electron chi connectivity index (χ3n) is 2.33. The minimum atomic E-state index is -0.0534. The zero-order chi connectivity index (χ0) is 9.59. The Bertz CT molecular complexity index is 368. The number of hydrogen-bond acceptors (Lipinski definition) is 3. The largest absolute Gasteiger partial charge is 0.488 e. The van der Waals surface area contributed by atoms with Gasteiger partial charge in [0.15, 0.2) is 11.5 Å². The first-order valence-corrected chi connectivity index (χ1v) is 4.32. The Balaban J connectivity index is 2.59. The van der Waals surface area contributed by atoms with Crippen LogP contribution in [0, 0.1) is 12.8 Å². The maximum Gasteiger partial charge on any atom is 0.190 e. The number of carbonyl (C=O) groups is 1. The molecule has 0 N–H and O–H groups in total. The van der Waals surface area contributed by atoms with Gasteiger partial charge in [0.25, 0.3) is 0 Å². The van der Waals surface area contributed by atoms with E-state index < -0.39 is 0 Å². The maximum absolute atomic E-state index is 11.7. The van der Waals surface area contributed by atoms with Gasteiger partial charge in [0.1, 0.15) is 11.4 Å². The van der Waals surface area contributed by atoms with E-state index in [1.165, 1.54) is 0 Å². The van der Waals surface area contributed by atoms with E-state index in [0.29, 0.717) is 18.1 Å². The lowest BCUT2D eigenvalue weighted by molar-refractivity contribution is 0.0837. The number of nitrogens with zero attached hydrogens (tertiary/aromatic N) is 2. The predicted molar refractivity (Wildman–Crippen MR) is 46.9 cm³/mol. The van der Waals surface area contributed by atoms with Crippen molar-refractivity contribution in [3.05, 3.63) is 11.4 Å². The SMILES string of the molecule is Cc1nn(C)c2c1OCC(C)C2=O. The Labute approximate surface area is 76.5 Å². The van der Waals surface area contributed by atoms with E-state index in [1.807, 2.05) is 13.8 Å². The van der Waals surface area contributed by atoms with Crippen LogP contribution in [0.25, 0.3) is 0 Å². The second kappa shape index (κ2) is 2.58. The predicted octanol–water partition coefficient (Wildman–Crippen LogP) is 0.940. The van der Waals surface area contributed by atoms with Crippen LogP contribution < -0.4 is 4.74 Å². The van der Waals surface area contributed by atoms with Gasteiger partial charge >= 0.3 is 0 Å². The fourth-order valence-electron chi connectivity index (χ4n) is 1.60. The van der Waals surface area contributed by atoms with Gasteiger partial charge in [0.05, 0.1) is 12.5 Å². The highest BCUT2D eigenvalue weighted by molar-refractivity contribution is 5.99. The molecule has 0 saturated heterocycles. The molecule has 0 saturated carbocycles. The van der Waals surface area contributed by atoms with Crippen LogP contribution in [0.4, 0.5) is 0 Å². The third-order valence-corrected chi connectivity index (χ3v) is 2.33. The van der Waals surface area contributed by atoms with Crippen molar-refractivity contribution < 1.29 is 9.53 Å². The van der Waals surface area contributed by atoms with Crippen LogP contribution >= 0.6 is 0 Å². The van der Waals surface area contributed by atoms with Crippen molar-refractivity contribution >= 4 is 5.78 Å². The molecule has 1 aliphatic heterocycles. The second-order valence-electron chi connectivity index (χ2n) is 3.46. The van der Waals surface area contributed by atoms with Gasteiger partial charge in [-0.05, 0) is 6.92 Å². The van der Waals surface area contributed by atoms with Crippen LogP contribution in [0.5, 0.6) is 5.75 Å². The van der Waals surface area contributed by atoms with Crippen LogP contribution in [-0.4, -0.2) is 22.2 Å². The molecule has 4 heteroatoms. The van der Waals surface area contributed by atoms with E-state index in [2.05, 4.69) is 5.10 Å². The molecule has 70 valence electrons. The number of fused-ring (bicyclic) bond motifs is 1. The maximum atomic E-state index is 11.7. The molecule has 0 radical (unpaired) electrons. The van der Waals surface area contributed by atoms with Gasteiger partial charge in [-0.2, -0.15) is 5.10 Å². The summed E-state index contributed by atoms with van der Waals surface area (Å²) in [5.74, 6) is 0.734. The quantitative estimate of drug-likeness (QED) is 0.596. The molecule has 2 rings (SSSR count). The van der Waals surface area contributed by atoms with Crippen molar-refractivity contribution in [2.24, 2.45) is 13.0 Å². The summed E-state index contributed by atoms with van der Waals surface area (Å²) >= 11 is 0. The van der Waals surface area contributed by atoms with E-state index >= 15 is 0 Å². The third kappa shape index (κ3) is 1.05. The Kier molecular flexibility index (Phi) is 1.65. The molecule has 2 heterocycles. The fraction of sp³-hybridized carbons (Fsp3) is 0.556. The second-order valence-corrected chi connectivity index (χ2v) is 3.46. The molecule has 0 fully saturated rings. The summed E-state index contributed by atoms with van der Waals surface area (Å²) in [6.07, 6.45) is 0. The molecule has 1 aromatic heterocycles. The first-order valence-electron chi connectivity index (χ1n) is 4.32. The van der Waals surface area contributed by atoms with Crippen molar-refractivity contribution in [2.45, 2.75) is 13.8 Å². The average Bonchev–Trinajstić information content (AvgIpc) is 2.35. The molecule has 1 aliphatic rings. The minimum Gasteiger partial charge on any atom is -0.488 e. The highest BCUT2D eigenvalue weighted by Crippen LogP contribution is 2.29. The van der Waals surface area contributed by atoms with Gasteiger partial charge in [-0.15, -0.1) is 0 Å². The van der Waals surface area contributed by atoms with Crippen molar-refractivity contribution in [3.63, 3.8) is 0 Å². The van der Waals surface area contributed by atoms with E-state index in [-0.39, 0.29) is 11.7 Å². The summed E-state index contributed by atoms with van der Waals surface area (Å²) in [7, 11) is 1.77. The lowest BCUT2D eigenvalue weighted by Crippen LogP contribution is -2.26. The molecule has 13 heavy (non-hydrogen) atoms. The number of hydrogen-bond donors (Lipinski definition) is 0. The van der Waals surface area contributed by atoms with E-state index in [0.717, 1.165) is 5.69 Å². The Morgan fingerprint density at radius 3 is 3.00 bits per heavy atom. The van der Waals surface area contributed by atoms with Crippen molar-refractivity contribution in [3.8, 4) is 5.75 Å². The number of aromatic nitrogens is 2. The van der Waals surface area contributed by atoms with Gasteiger partial charge in [-0.25, -0.2) is 0 Å². The Morgan fingerprint density at radius 2 is 2.31 bits per heavy atom. The van der Waals surface area contributed by atoms with Crippen molar-refractivity contribution in [1.82, 2.24) is 9.78 Å². The van der Waals surface area contributed by atoms with Crippen LogP contribution in [0.1, 0.15) is 23.1 Å². The van der Waals surface area contributed by atoms with Crippen molar-refractivity contribution in [2.75, 3.05) is 6.61 Å². The Morgan fingerprint density at radius 1 is 1.62 bits per heavy atom. The average molecular weight is 180 g/mol. The number of rotatable bonds is 0. The standard InChI is InChI=1S/C9H12N2O2/c1-5-4-13-9-6(2)10-11(3)7(9)8(5)12/h5H,4H2,1-3H3. The molecule has 0 aliphatic carbocycles. The van der Waals surface area contributed by atoms with Crippen LogP contribution in [0.15, 0.2) is 0 Å². The molecule has 0 amide bonds. The van der Waals surface area contributed by atoms with Crippen LogP contribution in [0.3, 0.4) is 0 Å². The van der Waals surface area contributed by atoms with Gasteiger partial charge in [-0.3, -0.25) is 9.48 Å². The van der Waals surface area contributed by atoms with Gasteiger partial charge in [-0.1, -0.05) is 6.92 Å². The highest BCUT2D eigenvalue weighted by atomic mass is 16.5. The minimum absolute atomic E-state index is 0.0534. The molecule has 1 aromatic rings. The van der Waals surface area contributed by atoms with E-state index in [1.54, 1.807) is 11.7 Å². The summed E-state index contributed by atoms with van der Waals surface area (Å²) in [6.45, 7) is 4.19. The first kappa shape index (κ1) is 8.29. The molecule has 4 nitrogen and oxygen atoms in total.